The zero-order valence-corrected chi connectivity index (χ0v) is 18.1. The van der Waals surface area contributed by atoms with Crippen LogP contribution in [0.3, 0.4) is 0 Å². The van der Waals surface area contributed by atoms with Gasteiger partial charge < -0.3 is 20.3 Å². The van der Waals surface area contributed by atoms with Gasteiger partial charge in [0.25, 0.3) is 0 Å². The lowest BCUT2D eigenvalue weighted by molar-refractivity contribution is -0.128. The standard InChI is InChI=1S/C18H34N4O2.HI/c1-3-19-17(20-14-16(23)22-11-6-7-12-22)21-15-18(10-13-24-2)8-4-5-9-18;/h3-15H2,1-2H3,(H2,19,20,21);1H. The number of amides is 1. The maximum Gasteiger partial charge on any atom is 0.244 e. The molecule has 2 rings (SSSR count). The minimum absolute atomic E-state index is 0. The van der Waals surface area contributed by atoms with Gasteiger partial charge in [-0.1, -0.05) is 12.8 Å². The van der Waals surface area contributed by atoms with E-state index in [1.807, 2.05) is 4.90 Å². The molecule has 25 heavy (non-hydrogen) atoms. The number of hydrogen-bond acceptors (Lipinski definition) is 3. The number of hydrogen-bond donors (Lipinski definition) is 2. The van der Waals surface area contributed by atoms with Gasteiger partial charge in [-0.15, -0.1) is 24.0 Å². The monoisotopic (exact) mass is 466 g/mol. The fourth-order valence-corrected chi connectivity index (χ4v) is 3.78. The number of halogens is 1. The zero-order valence-electron chi connectivity index (χ0n) is 15.8. The fourth-order valence-electron chi connectivity index (χ4n) is 3.78. The summed E-state index contributed by atoms with van der Waals surface area (Å²) in [5.74, 6) is 0.897. The molecule has 0 spiro atoms. The third kappa shape index (κ3) is 7.29. The highest BCUT2D eigenvalue weighted by molar-refractivity contribution is 14.0. The van der Waals surface area contributed by atoms with Crippen LogP contribution in [0.5, 0.6) is 0 Å². The quantitative estimate of drug-likeness (QED) is 0.328. The van der Waals surface area contributed by atoms with E-state index in [-0.39, 0.29) is 36.4 Å². The molecule has 1 saturated carbocycles. The van der Waals surface area contributed by atoms with E-state index in [4.69, 9.17) is 4.74 Å². The molecule has 1 aliphatic heterocycles. The summed E-state index contributed by atoms with van der Waals surface area (Å²) in [4.78, 5) is 18.6. The molecule has 7 heteroatoms. The van der Waals surface area contributed by atoms with E-state index in [0.29, 0.717) is 5.41 Å². The number of nitrogens with zero attached hydrogens (tertiary/aromatic N) is 2. The van der Waals surface area contributed by atoms with Gasteiger partial charge in [-0.3, -0.25) is 4.79 Å². The highest BCUT2D eigenvalue weighted by atomic mass is 127. The molecular formula is C18H35IN4O2. The van der Waals surface area contributed by atoms with Crippen LogP contribution in [0.4, 0.5) is 0 Å². The van der Waals surface area contributed by atoms with Crippen LogP contribution in [0.15, 0.2) is 4.99 Å². The number of carbonyl (C=O) groups is 1. The van der Waals surface area contributed by atoms with E-state index in [0.717, 1.165) is 58.0 Å². The molecule has 0 radical (unpaired) electrons. The van der Waals surface area contributed by atoms with Gasteiger partial charge in [0, 0.05) is 39.9 Å². The summed E-state index contributed by atoms with van der Waals surface area (Å²) in [6.07, 6.45) is 8.41. The van der Waals surface area contributed by atoms with Crippen LogP contribution in [0, 0.1) is 5.41 Å². The maximum atomic E-state index is 12.2. The fraction of sp³-hybridized carbons (Fsp3) is 0.889. The largest absolute Gasteiger partial charge is 0.385 e. The summed E-state index contributed by atoms with van der Waals surface area (Å²) in [6.45, 7) is 6.57. The molecule has 6 nitrogen and oxygen atoms in total. The van der Waals surface area contributed by atoms with Gasteiger partial charge in [-0.2, -0.15) is 0 Å². The van der Waals surface area contributed by atoms with E-state index in [2.05, 4.69) is 22.5 Å². The molecule has 0 unspecified atom stereocenters. The van der Waals surface area contributed by atoms with Crippen molar-refractivity contribution in [3.63, 3.8) is 0 Å². The topological polar surface area (TPSA) is 66.0 Å². The average Bonchev–Trinajstić information content (AvgIpc) is 3.27. The molecule has 146 valence electrons. The second-order valence-corrected chi connectivity index (χ2v) is 7.09. The lowest BCUT2D eigenvalue weighted by atomic mass is 9.83. The van der Waals surface area contributed by atoms with Gasteiger partial charge in [-0.25, -0.2) is 4.99 Å². The van der Waals surface area contributed by atoms with Gasteiger partial charge in [0.05, 0.1) is 0 Å². The van der Waals surface area contributed by atoms with Crippen molar-refractivity contribution < 1.29 is 9.53 Å². The molecule has 0 atom stereocenters. The molecule has 0 aromatic rings. The third-order valence-electron chi connectivity index (χ3n) is 5.31. The highest BCUT2D eigenvalue weighted by Gasteiger charge is 2.33. The van der Waals surface area contributed by atoms with Crippen LogP contribution in [0.25, 0.3) is 0 Å². The number of carbonyl (C=O) groups excluding carboxylic acids is 1. The van der Waals surface area contributed by atoms with E-state index in [1.54, 1.807) is 7.11 Å². The van der Waals surface area contributed by atoms with Crippen molar-refractivity contribution >= 4 is 35.8 Å². The van der Waals surface area contributed by atoms with Crippen molar-refractivity contribution in [2.75, 3.05) is 46.4 Å². The molecule has 1 saturated heterocycles. The summed E-state index contributed by atoms with van der Waals surface area (Å²) in [7, 11) is 1.77. The van der Waals surface area contributed by atoms with Gasteiger partial charge in [0.1, 0.15) is 6.54 Å². The first-order valence-corrected chi connectivity index (χ1v) is 9.48. The van der Waals surface area contributed by atoms with Crippen molar-refractivity contribution in [1.29, 1.82) is 0 Å². The smallest absolute Gasteiger partial charge is 0.244 e. The number of likely N-dealkylation sites (tertiary alicyclic amines) is 1. The predicted octanol–water partition coefficient (Wildman–Crippen LogP) is 2.38. The Morgan fingerprint density at radius 1 is 1.16 bits per heavy atom. The van der Waals surface area contributed by atoms with E-state index in [1.165, 1.54) is 25.7 Å². The Hall–Kier alpha value is -0.570. The minimum atomic E-state index is 0. The Bertz CT molecular complexity index is 419. The Morgan fingerprint density at radius 2 is 1.84 bits per heavy atom. The summed E-state index contributed by atoms with van der Waals surface area (Å²) in [5.41, 5.74) is 0.311. The molecule has 1 heterocycles. The first kappa shape index (κ1) is 22.5. The minimum Gasteiger partial charge on any atom is -0.385 e. The van der Waals surface area contributed by atoms with Crippen molar-refractivity contribution in [2.24, 2.45) is 10.4 Å². The molecule has 2 N–H and O–H groups in total. The number of guanidine groups is 1. The Morgan fingerprint density at radius 3 is 2.44 bits per heavy atom. The van der Waals surface area contributed by atoms with Gasteiger partial charge in [0.15, 0.2) is 5.96 Å². The van der Waals surface area contributed by atoms with Crippen molar-refractivity contribution in [3.8, 4) is 0 Å². The van der Waals surface area contributed by atoms with Crippen LogP contribution in [0.2, 0.25) is 0 Å². The van der Waals surface area contributed by atoms with Gasteiger partial charge in [-0.05, 0) is 44.4 Å². The molecule has 0 aromatic carbocycles. The van der Waals surface area contributed by atoms with E-state index < -0.39 is 0 Å². The molecule has 2 fully saturated rings. The maximum absolute atomic E-state index is 12.2. The number of methoxy groups -OCH3 is 1. The van der Waals surface area contributed by atoms with Crippen molar-refractivity contribution in [3.05, 3.63) is 0 Å². The zero-order chi connectivity index (χ0) is 17.3. The molecule has 2 aliphatic rings. The van der Waals surface area contributed by atoms with Crippen LogP contribution in [0.1, 0.15) is 51.9 Å². The molecule has 1 amide bonds. The lowest BCUT2D eigenvalue weighted by Gasteiger charge is -2.30. The Balaban J connectivity index is 0.00000312. The average molecular weight is 466 g/mol. The molecule has 1 aliphatic carbocycles. The molecule has 0 aromatic heterocycles. The highest BCUT2D eigenvalue weighted by Crippen LogP contribution is 2.40. The Labute approximate surface area is 169 Å². The van der Waals surface area contributed by atoms with Crippen LogP contribution < -0.4 is 10.6 Å². The first-order valence-electron chi connectivity index (χ1n) is 9.48. The lowest BCUT2D eigenvalue weighted by Crippen LogP contribution is -2.44. The first-order chi connectivity index (χ1) is 11.7. The summed E-state index contributed by atoms with van der Waals surface area (Å²) < 4.78 is 5.30. The number of ether oxygens (including phenoxy) is 1. The van der Waals surface area contributed by atoms with Gasteiger partial charge in [0.2, 0.25) is 5.91 Å². The number of rotatable bonds is 8. The van der Waals surface area contributed by atoms with E-state index in [9.17, 15) is 4.79 Å². The van der Waals surface area contributed by atoms with Crippen LogP contribution >= 0.6 is 24.0 Å². The van der Waals surface area contributed by atoms with Crippen LogP contribution in [-0.2, 0) is 9.53 Å². The summed E-state index contributed by atoms with van der Waals surface area (Å²) in [5, 5.41) is 6.73. The number of nitrogens with one attached hydrogen (secondary N) is 2. The second-order valence-electron chi connectivity index (χ2n) is 7.09. The van der Waals surface area contributed by atoms with Gasteiger partial charge >= 0.3 is 0 Å². The SMILES string of the molecule is CCNC(=NCC(=O)N1CCCC1)NCC1(CCOC)CCCC1.I. The van der Waals surface area contributed by atoms with Crippen molar-refractivity contribution in [2.45, 2.75) is 51.9 Å². The predicted molar refractivity (Wildman–Crippen MR) is 113 cm³/mol. The second kappa shape index (κ2) is 11.9. The van der Waals surface area contributed by atoms with E-state index >= 15 is 0 Å². The Kier molecular flexibility index (Phi) is 10.7. The van der Waals surface area contributed by atoms with Crippen LogP contribution in [-0.4, -0.2) is 63.2 Å². The summed E-state index contributed by atoms with van der Waals surface area (Å²) in [6, 6.07) is 0. The molecule has 0 bridgehead atoms. The summed E-state index contributed by atoms with van der Waals surface area (Å²) >= 11 is 0. The van der Waals surface area contributed by atoms with Crippen molar-refractivity contribution in [1.82, 2.24) is 15.5 Å². The third-order valence-corrected chi connectivity index (χ3v) is 5.31. The number of aliphatic imine (C=N–C) groups is 1. The normalized spacial score (nSPS) is 19.6. The molecular weight excluding hydrogens is 431 g/mol.